The average Bonchev–Trinajstić information content (AvgIpc) is 2.80. The Morgan fingerprint density at radius 1 is 1.32 bits per heavy atom. The van der Waals surface area contributed by atoms with E-state index in [2.05, 4.69) is 9.97 Å². The Kier molecular flexibility index (Phi) is 3.37. The molecule has 0 unspecified atom stereocenters. The summed E-state index contributed by atoms with van der Waals surface area (Å²) < 4.78 is 50.6. The molecule has 0 amide bonds. The molecule has 1 aromatic heterocycles. The maximum Gasteiger partial charge on any atom is 0.419 e. The minimum absolute atomic E-state index is 0.171. The minimum Gasteiger partial charge on any atom is -0.348 e. The van der Waals surface area contributed by atoms with Crippen molar-refractivity contribution < 1.29 is 22.4 Å². The SMILES string of the molecule is O=C(Cc1ncc[nH]1)c1ccc(F)c(C(F)(F)F)c1. The molecule has 0 aliphatic rings. The van der Waals surface area contributed by atoms with Crippen molar-refractivity contribution in [3.05, 3.63) is 53.4 Å². The molecule has 100 valence electrons. The number of imidazole rings is 1. The summed E-state index contributed by atoms with van der Waals surface area (Å²) in [5.74, 6) is -1.63. The molecule has 3 nitrogen and oxygen atoms in total. The van der Waals surface area contributed by atoms with Crippen LogP contribution in [0.15, 0.2) is 30.6 Å². The molecular formula is C12H8F4N2O. The van der Waals surface area contributed by atoms with Gasteiger partial charge in [0.1, 0.15) is 11.6 Å². The molecule has 2 rings (SSSR count). The van der Waals surface area contributed by atoms with E-state index in [9.17, 15) is 22.4 Å². The number of benzene rings is 1. The van der Waals surface area contributed by atoms with Gasteiger partial charge in [-0.2, -0.15) is 13.2 Å². The first-order valence-corrected chi connectivity index (χ1v) is 5.26. The van der Waals surface area contributed by atoms with E-state index in [4.69, 9.17) is 0 Å². The number of carbonyl (C=O) groups is 1. The summed E-state index contributed by atoms with van der Waals surface area (Å²) in [6.07, 6.45) is -2.08. The molecule has 2 aromatic rings. The molecule has 19 heavy (non-hydrogen) atoms. The van der Waals surface area contributed by atoms with Crippen molar-refractivity contribution in [1.82, 2.24) is 9.97 Å². The topological polar surface area (TPSA) is 45.8 Å². The van der Waals surface area contributed by atoms with E-state index in [0.717, 1.165) is 6.07 Å². The van der Waals surface area contributed by atoms with Crippen LogP contribution in [0.3, 0.4) is 0 Å². The molecule has 7 heteroatoms. The van der Waals surface area contributed by atoms with Gasteiger partial charge < -0.3 is 4.98 Å². The van der Waals surface area contributed by atoms with Crippen LogP contribution in [0.4, 0.5) is 17.6 Å². The highest BCUT2D eigenvalue weighted by Crippen LogP contribution is 2.32. The number of Topliss-reactive ketones (excluding diaryl/α,β-unsaturated/α-hetero) is 1. The number of aromatic nitrogens is 2. The van der Waals surface area contributed by atoms with E-state index < -0.39 is 23.3 Å². The molecule has 0 bridgehead atoms. The third-order valence-electron chi connectivity index (χ3n) is 2.48. The average molecular weight is 272 g/mol. The Morgan fingerprint density at radius 3 is 2.63 bits per heavy atom. The maximum absolute atomic E-state index is 13.1. The first kappa shape index (κ1) is 13.3. The summed E-state index contributed by atoms with van der Waals surface area (Å²) in [6, 6.07) is 2.18. The largest absolute Gasteiger partial charge is 0.419 e. The van der Waals surface area contributed by atoms with Crippen LogP contribution < -0.4 is 0 Å². The number of H-pyrrole nitrogens is 1. The highest BCUT2D eigenvalue weighted by molar-refractivity contribution is 5.97. The number of carbonyl (C=O) groups excluding carboxylic acids is 1. The van der Waals surface area contributed by atoms with Crippen LogP contribution in [0.1, 0.15) is 21.7 Å². The lowest BCUT2D eigenvalue weighted by molar-refractivity contribution is -0.140. The fraction of sp³-hybridized carbons (Fsp3) is 0.167. The van der Waals surface area contributed by atoms with Gasteiger partial charge in [-0.15, -0.1) is 0 Å². The standard InChI is InChI=1S/C12H8F4N2O/c13-9-2-1-7(5-8(9)12(14,15)16)10(19)6-11-17-3-4-18-11/h1-5H,6H2,(H,17,18). The summed E-state index contributed by atoms with van der Waals surface area (Å²) in [5, 5.41) is 0. The number of rotatable bonds is 3. The second-order valence-electron chi connectivity index (χ2n) is 3.83. The van der Waals surface area contributed by atoms with E-state index in [-0.39, 0.29) is 12.0 Å². The molecule has 0 aliphatic carbocycles. The molecule has 1 aromatic carbocycles. The predicted octanol–water partition coefficient (Wildman–Crippen LogP) is 2.99. The van der Waals surface area contributed by atoms with E-state index in [1.807, 2.05) is 0 Å². The van der Waals surface area contributed by atoms with Gasteiger partial charge in [0.2, 0.25) is 0 Å². The fourth-order valence-electron chi connectivity index (χ4n) is 1.56. The van der Waals surface area contributed by atoms with Crippen LogP contribution in [0.2, 0.25) is 0 Å². The molecule has 0 atom stereocenters. The number of hydrogen-bond acceptors (Lipinski definition) is 2. The van der Waals surface area contributed by atoms with Gasteiger partial charge in [-0.25, -0.2) is 9.37 Å². The van der Waals surface area contributed by atoms with Crippen molar-refractivity contribution >= 4 is 5.78 Å². The van der Waals surface area contributed by atoms with Crippen molar-refractivity contribution in [1.29, 1.82) is 0 Å². The van der Waals surface area contributed by atoms with Gasteiger partial charge in [0.05, 0.1) is 12.0 Å². The molecule has 0 saturated heterocycles. The first-order valence-electron chi connectivity index (χ1n) is 5.26. The van der Waals surface area contributed by atoms with E-state index in [0.29, 0.717) is 18.0 Å². The van der Waals surface area contributed by atoms with Gasteiger partial charge in [-0.3, -0.25) is 4.79 Å². The molecule has 0 aliphatic heterocycles. The predicted molar refractivity (Wildman–Crippen MR) is 58.0 cm³/mol. The third kappa shape index (κ3) is 2.98. The Labute approximate surface area is 105 Å². The fourth-order valence-corrected chi connectivity index (χ4v) is 1.56. The van der Waals surface area contributed by atoms with Crippen LogP contribution in [0.25, 0.3) is 0 Å². The zero-order chi connectivity index (χ0) is 14.0. The van der Waals surface area contributed by atoms with Crippen LogP contribution in [-0.2, 0) is 12.6 Å². The third-order valence-corrected chi connectivity index (χ3v) is 2.48. The van der Waals surface area contributed by atoms with Crippen molar-refractivity contribution in [2.24, 2.45) is 0 Å². The molecule has 1 heterocycles. The zero-order valence-electron chi connectivity index (χ0n) is 9.46. The number of alkyl halides is 3. The quantitative estimate of drug-likeness (QED) is 0.689. The highest BCUT2D eigenvalue weighted by Gasteiger charge is 2.34. The lowest BCUT2D eigenvalue weighted by atomic mass is 10.0. The Balaban J connectivity index is 2.28. The van der Waals surface area contributed by atoms with Gasteiger partial charge in [-0.1, -0.05) is 0 Å². The van der Waals surface area contributed by atoms with Crippen molar-refractivity contribution in [3.63, 3.8) is 0 Å². The smallest absolute Gasteiger partial charge is 0.348 e. The van der Waals surface area contributed by atoms with Gasteiger partial charge >= 0.3 is 6.18 Å². The Hall–Kier alpha value is -2.18. The molecule has 0 saturated carbocycles. The molecule has 1 N–H and O–H groups in total. The van der Waals surface area contributed by atoms with Crippen molar-refractivity contribution in [2.75, 3.05) is 0 Å². The number of nitrogens with one attached hydrogen (secondary N) is 1. The maximum atomic E-state index is 13.1. The van der Waals surface area contributed by atoms with Crippen LogP contribution in [0, 0.1) is 5.82 Å². The number of halogens is 4. The van der Waals surface area contributed by atoms with Gasteiger partial charge in [0.25, 0.3) is 0 Å². The summed E-state index contributed by atoms with van der Waals surface area (Å²) in [6.45, 7) is 0. The van der Waals surface area contributed by atoms with Crippen molar-refractivity contribution in [3.8, 4) is 0 Å². The molecule has 0 radical (unpaired) electrons. The minimum atomic E-state index is -4.83. The second kappa shape index (κ2) is 4.83. The number of hydrogen-bond donors (Lipinski definition) is 1. The molecule has 0 fully saturated rings. The van der Waals surface area contributed by atoms with Crippen molar-refractivity contribution in [2.45, 2.75) is 12.6 Å². The van der Waals surface area contributed by atoms with Crippen LogP contribution in [0.5, 0.6) is 0 Å². The molecule has 0 spiro atoms. The Morgan fingerprint density at radius 2 is 2.05 bits per heavy atom. The first-order chi connectivity index (χ1) is 8.88. The summed E-state index contributed by atoms with van der Waals surface area (Å²) in [7, 11) is 0. The highest BCUT2D eigenvalue weighted by atomic mass is 19.4. The summed E-state index contributed by atoms with van der Waals surface area (Å²) in [5.41, 5.74) is -1.65. The normalized spacial score (nSPS) is 11.6. The van der Waals surface area contributed by atoms with Crippen LogP contribution in [-0.4, -0.2) is 15.8 Å². The van der Waals surface area contributed by atoms with Crippen LogP contribution >= 0.6 is 0 Å². The van der Waals surface area contributed by atoms with E-state index >= 15 is 0 Å². The van der Waals surface area contributed by atoms with E-state index in [1.165, 1.54) is 12.4 Å². The number of ketones is 1. The van der Waals surface area contributed by atoms with E-state index in [1.54, 1.807) is 0 Å². The Bertz CT molecular complexity index is 590. The molecular weight excluding hydrogens is 264 g/mol. The second-order valence-corrected chi connectivity index (χ2v) is 3.83. The van der Waals surface area contributed by atoms with Gasteiger partial charge in [0.15, 0.2) is 5.78 Å². The zero-order valence-corrected chi connectivity index (χ0v) is 9.46. The monoisotopic (exact) mass is 272 g/mol. The van der Waals surface area contributed by atoms with Gasteiger partial charge in [0, 0.05) is 18.0 Å². The van der Waals surface area contributed by atoms with Gasteiger partial charge in [-0.05, 0) is 18.2 Å². The lowest BCUT2D eigenvalue weighted by Gasteiger charge is -2.09. The number of nitrogens with zero attached hydrogens (tertiary/aromatic N) is 1. The number of aromatic amines is 1. The summed E-state index contributed by atoms with van der Waals surface area (Å²) in [4.78, 5) is 18.2. The lowest BCUT2D eigenvalue weighted by Crippen LogP contribution is -2.11. The summed E-state index contributed by atoms with van der Waals surface area (Å²) >= 11 is 0.